The summed E-state index contributed by atoms with van der Waals surface area (Å²) in [4.78, 5) is 0. The van der Waals surface area contributed by atoms with E-state index in [1.165, 1.54) is 6.92 Å². The molecule has 1 nitrogen and oxygen atoms in total. The average molecular weight is 271 g/mol. The fraction of sp³-hybridized carbons (Fsp3) is 0.455. The van der Waals surface area contributed by atoms with Gasteiger partial charge in [0, 0.05) is 0 Å². The molecule has 7 heteroatoms. The monoisotopic (exact) mass is 271 g/mol. The van der Waals surface area contributed by atoms with E-state index in [9.17, 15) is 31.4 Å². The van der Waals surface area contributed by atoms with Crippen LogP contribution in [0.15, 0.2) is 18.2 Å². The molecule has 0 spiro atoms. The number of halogens is 6. The molecule has 0 bridgehead atoms. The van der Waals surface area contributed by atoms with Crippen molar-refractivity contribution in [3.8, 4) is 0 Å². The summed E-state index contributed by atoms with van der Waals surface area (Å²) in [6, 6.07) is 1.08. The van der Waals surface area contributed by atoms with E-state index in [-0.39, 0.29) is 12.5 Å². The summed E-state index contributed by atoms with van der Waals surface area (Å²) in [5.41, 5.74) is -3.58. The Kier molecular flexibility index (Phi) is 3.95. The zero-order valence-electron chi connectivity index (χ0n) is 9.19. The van der Waals surface area contributed by atoms with Crippen molar-refractivity contribution in [1.82, 2.24) is 0 Å². The normalized spacial score (nSPS) is 14.7. The molecule has 0 saturated heterocycles. The Bertz CT molecular complexity index is 421. The summed E-state index contributed by atoms with van der Waals surface area (Å²) < 4.78 is 74.8. The van der Waals surface area contributed by atoms with E-state index in [0.717, 1.165) is 0 Å². The first-order valence-electron chi connectivity index (χ1n) is 5.01. The minimum absolute atomic E-state index is 0.0180. The van der Waals surface area contributed by atoms with Gasteiger partial charge in [0.2, 0.25) is 0 Å². The van der Waals surface area contributed by atoms with Gasteiger partial charge < -0.3 is 0 Å². The lowest BCUT2D eigenvalue weighted by molar-refractivity contribution is -0.144. The first-order valence-corrected chi connectivity index (χ1v) is 5.01. The Morgan fingerprint density at radius 2 is 1.61 bits per heavy atom. The highest BCUT2D eigenvalue weighted by Crippen LogP contribution is 2.39. The molecule has 0 aromatic heterocycles. The van der Waals surface area contributed by atoms with Gasteiger partial charge in [-0.1, -0.05) is 13.0 Å². The van der Waals surface area contributed by atoms with Crippen molar-refractivity contribution in [2.75, 3.05) is 0 Å². The summed E-state index contributed by atoms with van der Waals surface area (Å²) in [5, 5.41) is 11.3. The fourth-order valence-electron chi connectivity index (χ4n) is 1.48. The molecule has 1 unspecified atom stereocenters. The maximum absolute atomic E-state index is 12.6. The van der Waals surface area contributed by atoms with Crippen LogP contribution in [0, 0.1) is 0 Å². The standard InChI is InChI=1S/C11H9F6O/c1-2-9(18)7-4-3-6(10(12,13)14)5-8(7)11(15,16)17/h3-5,9H,2H2,1H3. The van der Waals surface area contributed by atoms with Crippen LogP contribution in [0.4, 0.5) is 26.3 Å². The summed E-state index contributed by atoms with van der Waals surface area (Å²) in [6.45, 7) is 1.37. The summed E-state index contributed by atoms with van der Waals surface area (Å²) in [6.07, 6.45) is -11.7. The van der Waals surface area contributed by atoms with Crippen molar-refractivity contribution in [2.24, 2.45) is 0 Å². The first kappa shape index (κ1) is 14.8. The van der Waals surface area contributed by atoms with Crippen molar-refractivity contribution in [3.05, 3.63) is 34.9 Å². The van der Waals surface area contributed by atoms with Gasteiger partial charge in [-0.2, -0.15) is 26.3 Å². The van der Waals surface area contributed by atoms with E-state index in [1.807, 2.05) is 0 Å². The molecule has 0 aliphatic rings. The van der Waals surface area contributed by atoms with Crippen LogP contribution in [0.25, 0.3) is 0 Å². The van der Waals surface area contributed by atoms with Gasteiger partial charge in [0.25, 0.3) is 0 Å². The summed E-state index contributed by atoms with van der Waals surface area (Å²) in [5.74, 6) is 0. The Hall–Kier alpha value is -1.24. The lowest BCUT2D eigenvalue weighted by Crippen LogP contribution is -2.14. The topological polar surface area (TPSA) is 19.9 Å². The molecule has 0 saturated carbocycles. The average Bonchev–Trinajstić information content (AvgIpc) is 2.24. The molecular weight excluding hydrogens is 262 g/mol. The Labute approximate surface area is 99.0 Å². The summed E-state index contributed by atoms with van der Waals surface area (Å²) >= 11 is 0. The van der Waals surface area contributed by atoms with Gasteiger partial charge in [-0.3, -0.25) is 0 Å². The predicted octanol–water partition coefficient (Wildman–Crippen LogP) is 4.61. The van der Waals surface area contributed by atoms with E-state index in [4.69, 9.17) is 0 Å². The van der Waals surface area contributed by atoms with E-state index in [2.05, 4.69) is 0 Å². The number of rotatable bonds is 2. The molecule has 0 aliphatic heterocycles. The molecule has 1 aromatic rings. The molecule has 1 rings (SSSR count). The second-order valence-corrected chi connectivity index (χ2v) is 3.69. The van der Waals surface area contributed by atoms with Gasteiger partial charge in [-0.25, -0.2) is 5.11 Å². The van der Waals surface area contributed by atoms with Crippen molar-refractivity contribution >= 4 is 0 Å². The van der Waals surface area contributed by atoms with Gasteiger partial charge in [-0.05, 0) is 24.1 Å². The molecule has 0 aliphatic carbocycles. The second kappa shape index (κ2) is 4.79. The van der Waals surface area contributed by atoms with Gasteiger partial charge in [0.1, 0.15) is 6.10 Å². The molecular formula is C11H9F6O. The van der Waals surface area contributed by atoms with E-state index in [1.54, 1.807) is 0 Å². The number of alkyl halides is 6. The molecule has 0 heterocycles. The van der Waals surface area contributed by atoms with Crippen molar-refractivity contribution in [2.45, 2.75) is 31.8 Å². The molecule has 0 N–H and O–H groups in total. The number of hydrogen-bond acceptors (Lipinski definition) is 0. The van der Waals surface area contributed by atoms with Gasteiger partial charge in [0.05, 0.1) is 11.1 Å². The molecule has 18 heavy (non-hydrogen) atoms. The van der Waals surface area contributed by atoms with Crippen LogP contribution in [0.5, 0.6) is 0 Å². The van der Waals surface area contributed by atoms with Crippen LogP contribution in [0.2, 0.25) is 0 Å². The maximum Gasteiger partial charge on any atom is 0.416 e. The maximum atomic E-state index is 12.6. The van der Waals surface area contributed by atoms with Crippen molar-refractivity contribution in [1.29, 1.82) is 0 Å². The zero-order chi connectivity index (χ0) is 14.1. The Balaban J connectivity index is 3.40. The fourth-order valence-corrected chi connectivity index (χ4v) is 1.48. The van der Waals surface area contributed by atoms with E-state index >= 15 is 0 Å². The third-order valence-corrected chi connectivity index (χ3v) is 2.40. The minimum Gasteiger partial charge on any atom is -0.228 e. The quantitative estimate of drug-likeness (QED) is 0.700. The largest absolute Gasteiger partial charge is 0.416 e. The molecule has 0 fully saturated rings. The van der Waals surface area contributed by atoms with Crippen LogP contribution >= 0.6 is 0 Å². The van der Waals surface area contributed by atoms with Crippen LogP contribution in [0.1, 0.15) is 36.1 Å². The van der Waals surface area contributed by atoms with E-state index < -0.39 is 35.1 Å². The molecule has 1 atom stereocenters. The highest BCUT2D eigenvalue weighted by Gasteiger charge is 2.39. The third-order valence-electron chi connectivity index (χ3n) is 2.40. The smallest absolute Gasteiger partial charge is 0.228 e. The highest BCUT2D eigenvalue weighted by molar-refractivity contribution is 5.36. The molecule has 1 aromatic carbocycles. The van der Waals surface area contributed by atoms with Crippen molar-refractivity contribution < 1.29 is 31.4 Å². The molecule has 101 valence electrons. The third kappa shape index (κ3) is 3.16. The minimum atomic E-state index is -4.98. The van der Waals surface area contributed by atoms with Gasteiger partial charge >= 0.3 is 12.4 Å². The number of hydrogen-bond donors (Lipinski definition) is 0. The van der Waals surface area contributed by atoms with Crippen molar-refractivity contribution in [3.63, 3.8) is 0 Å². The Morgan fingerprint density at radius 3 is 2.00 bits per heavy atom. The van der Waals surface area contributed by atoms with E-state index in [0.29, 0.717) is 12.1 Å². The van der Waals surface area contributed by atoms with Crippen LogP contribution in [-0.4, -0.2) is 0 Å². The summed E-state index contributed by atoms with van der Waals surface area (Å²) in [7, 11) is 0. The lowest BCUT2D eigenvalue weighted by Gasteiger charge is -2.17. The second-order valence-electron chi connectivity index (χ2n) is 3.69. The molecule has 0 amide bonds. The van der Waals surface area contributed by atoms with Crippen LogP contribution in [-0.2, 0) is 17.5 Å². The van der Waals surface area contributed by atoms with Gasteiger partial charge in [0.15, 0.2) is 0 Å². The van der Waals surface area contributed by atoms with Crippen LogP contribution < -0.4 is 0 Å². The SMILES string of the molecule is CCC([O])c1ccc(C(F)(F)F)cc1C(F)(F)F. The van der Waals surface area contributed by atoms with Gasteiger partial charge in [-0.15, -0.1) is 0 Å². The highest BCUT2D eigenvalue weighted by atomic mass is 19.4. The predicted molar refractivity (Wildman–Crippen MR) is 50.2 cm³/mol. The molecule has 1 radical (unpaired) electrons. The first-order chi connectivity index (χ1) is 8.07. The van der Waals surface area contributed by atoms with Crippen LogP contribution in [0.3, 0.4) is 0 Å². The zero-order valence-corrected chi connectivity index (χ0v) is 9.19. The Morgan fingerprint density at radius 1 is 1.06 bits per heavy atom. The lowest BCUT2D eigenvalue weighted by atomic mass is 9.97. The number of benzene rings is 1.